The van der Waals surface area contributed by atoms with Crippen LogP contribution in [0.5, 0.6) is 0 Å². The maximum Gasteiger partial charge on any atom is 0.0600 e. The van der Waals surface area contributed by atoms with Crippen LogP contribution in [0.25, 0.3) is 0 Å². The molecule has 0 rings (SSSR count). The van der Waals surface area contributed by atoms with Crippen LogP contribution in [-0.4, -0.2) is 11.2 Å². The molecule has 1 N–H and O–H groups in total. The second kappa shape index (κ2) is 12.2. The van der Waals surface area contributed by atoms with Crippen molar-refractivity contribution in [3.05, 3.63) is 12.2 Å². The summed E-state index contributed by atoms with van der Waals surface area (Å²) in [5.41, 5.74) is 0. The summed E-state index contributed by atoms with van der Waals surface area (Å²) in [4.78, 5) is 0. The van der Waals surface area contributed by atoms with Crippen molar-refractivity contribution in [2.75, 3.05) is 0 Å². The lowest BCUT2D eigenvalue weighted by atomic mass is 9.98. The van der Waals surface area contributed by atoms with Crippen LogP contribution in [0.3, 0.4) is 0 Å². The van der Waals surface area contributed by atoms with Crippen molar-refractivity contribution in [1.82, 2.24) is 0 Å². The Morgan fingerprint density at radius 2 is 1.59 bits per heavy atom. The van der Waals surface area contributed by atoms with Crippen molar-refractivity contribution in [2.24, 2.45) is 5.92 Å². The van der Waals surface area contributed by atoms with E-state index >= 15 is 0 Å². The number of hydrogen-bond donors (Lipinski definition) is 1. The molecule has 0 heterocycles. The molecule has 0 aliphatic heterocycles. The molecule has 0 amide bonds. The van der Waals surface area contributed by atoms with Gasteiger partial charge in [0.1, 0.15) is 0 Å². The van der Waals surface area contributed by atoms with Crippen molar-refractivity contribution in [2.45, 2.75) is 84.7 Å². The summed E-state index contributed by atoms with van der Waals surface area (Å²) in [7, 11) is 0. The highest BCUT2D eigenvalue weighted by molar-refractivity contribution is 4.89. The Kier molecular flexibility index (Phi) is 12.0. The Morgan fingerprint density at radius 3 is 2.24 bits per heavy atom. The number of aliphatic hydroxyl groups is 1. The molecule has 0 saturated carbocycles. The van der Waals surface area contributed by atoms with Gasteiger partial charge < -0.3 is 5.11 Å². The summed E-state index contributed by atoms with van der Waals surface area (Å²) in [6, 6.07) is 0. The molecular weight excluding hydrogens is 208 g/mol. The minimum Gasteiger partial charge on any atom is -0.393 e. The predicted molar refractivity (Wildman–Crippen MR) is 77.2 cm³/mol. The maximum atomic E-state index is 9.93. The van der Waals surface area contributed by atoms with Crippen molar-refractivity contribution >= 4 is 0 Å². The fraction of sp³-hybridized carbons (Fsp3) is 0.875. The molecule has 17 heavy (non-hydrogen) atoms. The van der Waals surface area contributed by atoms with Crippen LogP contribution in [-0.2, 0) is 0 Å². The van der Waals surface area contributed by atoms with Crippen LogP contribution in [0.4, 0.5) is 0 Å². The fourth-order valence-electron chi connectivity index (χ4n) is 1.99. The van der Waals surface area contributed by atoms with E-state index in [4.69, 9.17) is 0 Å². The number of unbranched alkanes of at least 4 members (excludes halogenated alkanes) is 6. The van der Waals surface area contributed by atoms with Crippen LogP contribution in [0.2, 0.25) is 0 Å². The lowest BCUT2D eigenvalue weighted by Gasteiger charge is -2.15. The van der Waals surface area contributed by atoms with Gasteiger partial charge in [-0.15, -0.1) is 0 Å². The predicted octanol–water partition coefficient (Wildman–Crippen LogP) is 5.09. The molecule has 0 aromatic carbocycles. The Balaban J connectivity index is 3.53. The van der Waals surface area contributed by atoms with E-state index < -0.39 is 0 Å². The Labute approximate surface area is 108 Å². The molecule has 1 nitrogen and oxygen atoms in total. The topological polar surface area (TPSA) is 20.2 Å². The highest BCUT2D eigenvalue weighted by Gasteiger charge is 2.09. The van der Waals surface area contributed by atoms with Crippen molar-refractivity contribution in [3.63, 3.8) is 0 Å². The minimum atomic E-state index is -0.145. The van der Waals surface area contributed by atoms with Gasteiger partial charge in [0.2, 0.25) is 0 Å². The Hall–Kier alpha value is -0.300. The third kappa shape index (κ3) is 10.6. The summed E-state index contributed by atoms with van der Waals surface area (Å²) in [5.74, 6) is 0.318. The summed E-state index contributed by atoms with van der Waals surface area (Å²) in [6.45, 7) is 6.57. The van der Waals surface area contributed by atoms with Gasteiger partial charge in [0.25, 0.3) is 0 Å². The summed E-state index contributed by atoms with van der Waals surface area (Å²) < 4.78 is 0. The third-order valence-electron chi connectivity index (χ3n) is 3.37. The van der Waals surface area contributed by atoms with Crippen LogP contribution in [0, 0.1) is 5.92 Å². The van der Waals surface area contributed by atoms with Gasteiger partial charge in [0, 0.05) is 0 Å². The average Bonchev–Trinajstić information content (AvgIpc) is 2.33. The Morgan fingerprint density at radius 1 is 0.941 bits per heavy atom. The second-order valence-corrected chi connectivity index (χ2v) is 5.20. The van der Waals surface area contributed by atoms with E-state index in [1.54, 1.807) is 0 Å². The zero-order chi connectivity index (χ0) is 12.9. The standard InChI is InChI=1S/C16H32O/c1-4-6-8-9-10-12-13-15(3)16(17)14-11-7-5-2/h12-13,15-17H,4-11,14H2,1-3H3. The van der Waals surface area contributed by atoms with Gasteiger partial charge in [-0.3, -0.25) is 0 Å². The van der Waals surface area contributed by atoms with Gasteiger partial charge in [-0.1, -0.05) is 71.4 Å². The van der Waals surface area contributed by atoms with Crippen molar-refractivity contribution in [1.29, 1.82) is 0 Å². The zero-order valence-electron chi connectivity index (χ0n) is 12.1. The van der Waals surface area contributed by atoms with E-state index in [-0.39, 0.29) is 6.10 Å². The minimum absolute atomic E-state index is 0.145. The lowest BCUT2D eigenvalue weighted by molar-refractivity contribution is 0.125. The molecule has 1 heteroatoms. The normalized spacial score (nSPS) is 15.3. The lowest BCUT2D eigenvalue weighted by Crippen LogP contribution is -2.15. The third-order valence-corrected chi connectivity index (χ3v) is 3.37. The molecule has 0 aliphatic rings. The molecule has 102 valence electrons. The van der Waals surface area contributed by atoms with E-state index in [9.17, 15) is 5.11 Å². The Bertz CT molecular complexity index is 174. The molecular formula is C16H32O. The summed E-state index contributed by atoms with van der Waals surface area (Å²) in [5, 5.41) is 9.93. The number of allylic oxidation sites excluding steroid dienone is 1. The van der Waals surface area contributed by atoms with Crippen LogP contribution >= 0.6 is 0 Å². The highest BCUT2D eigenvalue weighted by Crippen LogP contribution is 2.13. The second-order valence-electron chi connectivity index (χ2n) is 5.20. The molecule has 2 unspecified atom stereocenters. The van der Waals surface area contributed by atoms with Gasteiger partial charge in [0.15, 0.2) is 0 Å². The molecule has 0 aromatic rings. The molecule has 2 atom stereocenters. The first-order chi connectivity index (χ1) is 8.22. The van der Waals surface area contributed by atoms with Gasteiger partial charge in [-0.2, -0.15) is 0 Å². The largest absolute Gasteiger partial charge is 0.393 e. The molecule has 0 spiro atoms. The van der Waals surface area contributed by atoms with E-state index in [0.717, 1.165) is 12.8 Å². The zero-order valence-corrected chi connectivity index (χ0v) is 12.1. The quantitative estimate of drug-likeness (QED) is 0.394. The molecule has 0 bridgehead atoms. The maximum absolute atomic E-state index is 9.93. The van der Waals surface area contributed by atoms with E-state index in [2.05, 4.69) is 32.9 Å². The number of rotatable bonds is 11. The molecule has 0 radical (unpaired) electrons. The SMILES string of the molecule is CCCCCCC=CC(C)C(O)CCCCC. The molecule has 0 saturated heterocycles. The molecule has 0 aromatic heterocycles. The van der Waals surface area contributed by atoms with E-state index in [1.807, 2.05) is 0 Å². The van der Waals surface area contributed by atoms with E-state index in [1.165, 1.54) is 44.9 Å². The number of aliphatic hydroxyl groups excluding tert-OH is 1. The monoisotopic (exact) mass is 240 g/mol. The molecule has 0 fully saturated rings. The van der Waals surface area contributed by atoms with Gasteiger partial charge in [0.05, 0.1) is 6.10 Å². The van der Waals surface area contributed by atoms with Crippen molar-refractivity contribution in [3.8, 4) is 0 Å². The van der Waals surface area contributed by atoms with Gasteiger partial charge >= 0.3 is 0 Å². The van der Waals surface area contributed by atoms with Crippen molar-refractivity contribution < 1.29 is 5.11 Å². The van der Waals surface area contributed by atoms with E-state index in [0.29, 0.717) is 5.92 Å². The van der Waals surface area contributed by atoms with Crippen LogP contribution < -0.4 is 0 Å². The fourth-order valence-corrected chi connectivity index (χ4v) is 1.99. The average molecular weight is 240 g/mol. The first-order valence-corrected chi connectivity index (χ1v) is 7.57. The first kappa shape index (κ1) is 16.7. The van der Waals surface area contributed by atoms with Crippen LogP contribution in [0.15, 0.2) is 12.2 Å². The van der Waals surface area contributed by atoms with Crippen LogP contribution in [0.1, 0.15) is 78.6 Å². The smallest absolute Gasteiger partial charge is 0.0600 e. The number of hydrogen-bond acceptors (Lipinski definition) is 1. The van der Waals surface area contributed by atoms with Gasteiger partial charge in [-0.25, -0.2) is 0 Å². The van der Waals surface area contributed by atoms with Gasteiger partial charge in [-0.05, 0) is 25.2 Å². The molecule has 0 aliphatic carbocycles. The first-order valence-electron chi connectivity index (χ1n) is 7.57. The summed E-state index contributed by atoms with van der Waals surface area (Å²) in [6.07, 6.45) is 15.3. The summed E-state index contributed by atoms with van der Waals surface area (Å²) >= 11 is 0. The highest BCUT2D eigenvalue weighted by atomic mass is 16.3.